The molecule has 166 valence electrons. The number of rotatable bonds is 10. The summed E-state index contributed by atoms with van der Waals surface area (Å²) in [6.45, 7) is 5.36. The monoisotopic (exact) mass is 489 g/mol. The molecule has 0 aliphatic rings. The number of ether oxygens (including phenoxy) is 3. The van der Waals surface area contributed by atoms with Crippen molar-refractivity contribution in [3.8, 4) is 28.6 Å². The number of nitrogens with zero attached hydrogens (tertiary/aromatic N) is 2. The van der Waals surface area contributed by atoms with Crippen LogP contribution < -0.4 is 19.1 Å². The topological polar surface area (TPSA) is 79.8 Å². The fourth-order valence-electron chi connectivity index (χ4n) is 3.22. The van der Waals surface area contributed by atoms with Gasteiger partial charge in [0.25, 0.3) is 0 Å². The van der Waals surface area contributed by atoms with Gasteiger partial charge in [0.2, 0.25) is 0 Å². The second-order valence-corrected chi connectivity index (χ2v) is 7.82. The van der Waals surface area contributed by atoms with Crippen LogP contribution in [0.2, 0.25) is 0 Å². The minimum absolute atomic E-state index is 0.189. The van der Waals surface area contributed by atoms with Crippen LogP contribution in [-0.2, 0) is 0 Å². The van der Waals surface area contributed by atoms with E-state index >= 15 is 0 Å². The quantitative estimate of drug-likeness (QED) is 0.438. The second-order valence-electron chi connectivity index (χ2n) is 7.07. The molecule has 8 heteroatoms. The molecule has 1 atom stereocenters. The molecule has 0 spiro atoms. The highest BCUT2D eigenvalue weighted by molar-refractivity contribution is 9.10. The summed E-state index contributed by atoms with van der Waals surface area (Å²) >= 11 is 3.41. The number of aromatic nitrogens is 2. The second kappa shape index (κ2) is 10.5. The number of anilines is 1. The van der Waals surface area contributed by atoms with Crippen molar-refractivity contribution in [3.05, 3.63) is 52.8 Å². The zero-order chi connectivity index (χ0) is 22.4. The smallest absolute Gasteiger partial charge is 0.162 e. The maximum Gasteiger partial charge on any atom is 0.162 e. The molecular weight excluding hydrogens is 462 g/mol. The average molecular weight is 490 g/mol. The van der Waals surface area contributed by atoms with E-state index in [1.54, 1.807) is 14.2 Å². The summed E-state index contributed by atoms with van der Waals surface area (Å²) in [6, 6.07) is 13.3. The predicted molar refractivity (Wildman–Crippen MR) is 125 cm³/mol. The Morgan fingerprint density at radius 2 is 1.81 bits per heavy atom. The molecule has 0 saturated heterocycles. The lowest BCUT2D eigenvalue weighted by molar-refractivity contribution is 0.112. The van der Waals surface area contributed by atoms with Crippen molar-refractivity contribution in [2.24, 2.45) is 0 Å². The van der Waals surface area contributed by atoms with Crippen molar-refractivity contribution >= 4 is 21.6 Å². The zero-order valence-corrected chi connectivity index (χ0v) is 19.8. The molecule has 31 heavy (non-hydrogen) atoms. The summed E-state index contributed by atoms with van der Waals surface area (Å²) in [5.41, 5.74) is 2.89. The number of nitrogens with one attached hydrogen (secondary N) is 1. The molecule has 0 unspecified atom stereocenters. The molecule has 0 saturated carbocycles. The normalized spacial score (nSPS) is 11.8. The van der Waals surface area contributed by atoms with Gasteiger partial charge in [-0.1, -0.05) is 0 Å². The Morgan fingerprint density at radius 1 is 1.10 bits per heavy atom. The Morgan fingerprint density at radius 3 is 2.39 bits per heavy atom. The van der Waals surface area contributed by atoms with Crippen LogP contribution >= 0.6 is 15.9 Å². The highest BCUT2D eigenvalue weighted by atomic mass is 79.9. The molecule has 1 heterocycles. The van der Waals surface area contributed by atoms with Crippen molar-refractivity contribution in [2.75, 3.05) is 38.8 Å². The summed E-state index contributed by atoms with van der Waals surface area (Å²) in [5.74, 6) is 2.82. The van der Waals surface area contributed by atoms with E-state index < -0.39 is 6.10 Å². The molecule has 0 radical (unpaired) electrons. The minimum Gasteiger partial charge on any atom is -0.493 e. The maximum atomic E-state index is 10.5. The van der Waals surface area contributed by atoms with Crippen LogP contribution in [0.25, 0.3) is 11.4 Å². The van der Waals surface area contributed by atoms with E-state index in [4.69, 9.17) is 14.2 Å². The Labute approximate surface area is 191 Å². The standard InChI is InChI=1S/C23H28BrN3O4/c1-5-27(17-8-11-20(29-3)21(12-17)30-4)13-18(28)14-31-19-9-6-16(7-10-19)23-25-15(2)22(24)26-23/h6-12,18,28H,5,13-14H2,1-4H3,(H,25,26)/t18-/m0/s1. The fraction of sp³-hybridized carbons (Fsp3) is 0.348. The largest absolute Gasteiger partial charge is 0.493 e. The van der Waals surface area contributed by atoms with Crippen LogP contribution in [0.3, 0.4) is 0 Å². The van der Waals surface area contributed by atoms with E-state index in [9.17, 15) is 5.11 Å². The van der Waals surface area contributed by atoms with E-state index in [0.29, 0.717) is 23.8 Å². The number of aromatic amines is 1. The summed E-state index contributed by atoms with van der Waals surface area (Å²) in [4.78, 5) is 9.73. The fourth-order valence-corrected chi connectivity index (χ4v) is 3.50. The summed E-state index contributed by atoms with van der Waals surface area (Å²) in [7, 11) is 3.22. The van der Waals surface area contributed by atoms with E-state index in [2.05, 4.69) is 30.8 Å². The van der Waals surface area contributed by atoms with E-state index in [1.165, 1.54) is 0 Å². The van der Waals surface area contributed by atoms with Crippen LogP contribution in [-0.4, -0.2) is 55.1 Å². The molecule has 2 aromatic carbocycles. The predicted octanol–water partition coefficient (Wildman–Crippen LogP) is 4.43. The number of aryl methyl sites for hydroxylation is 1. The molecule has 0 bridgehead atoms. The first-order valence-corrected chi connectivity index (χ1v) is 10.8. The molecule has 3 aromatic rings. The number of aliphatic hydroxyl groups is 1. The lowest BCUT2D eigenvalue weighted by Crippen LogP contribution is -2.35. The SMILES string of the molecule is CCN(C[C@H](O)COc1ccc(-c2nc(Br)c(C)[nH]2)cc1)c1ccc(OC)c(OC)c1. The van der Waals surface area contributed by atoms with Gasteiger partial charge in [-0.3, -0.25) is 0 Å². The van der Waals surface area contributed by atoms with Gasteiger partial charge >= 0.3 is 0 Å². The molecule has 7 nitrogen and oxygen atoms in total. The van der Waals surface area contributed by atoms with E-state index in [-0.39, 0.29) is 6.61 Å². The third-order valence-electron chi connectivity index (χ3n) is 4.94. The van der Waals surface area contributed by atoms with Crippen molar-refractivity contribution in [1.82, 2.24) is 9.97 Å². The van der Waals surface area contributed by atoms with Crippen LogP contribution in [0.4, 0.5) is 5.69 Å². The van der Waals surface area contributed by atoms with Gasteiger partial charge in [0.15, 0.2) is 11.5 Å². The third-order valence-corrected chi connectivity index (χ3v) is 5.71. The molecule has 1 aromatic heterocycles. The number of methoxy groups -OCH3 is 2. The van der Waals surface area contributed by atoms with Crippen molar-refractivity contribution in [3.63, 3.8) is 0 Å². The molecule has 0 amide bonds. The molecule has 2 N–H and O–H groups in total. The van der Waals surface area contributed by atoms with Gasteiger partial charge in [-0.2, -0.15) is 0 Å². The highest BCUT2D eigenvalue weighted by Crippen LogP contribution is 2.31. The Balaban J connectivity index is 1.58. The number of benzene rings is 2. The molecular formula is C23H28BrN3O4. The first-order chi connectivity index (χ1) is 14.9. The number of hydrogen-bond acceptors (Lipinski definition) is 6. The van der Waals surface area contributed by atoms with Crippen molar-refractivity contribution < 1.29 is 19.3 Å². The Hall–Kier alpha value is -2.71. The van der Waals surface area contributed by atoms with Gasteiger partial charge in [0, 0.05) is 36.1 Å². The minimum atomic E-state index is -0.656. The van der Waals surface area contributed by atoms with E-state index in [0.717, 1.165) is 33.9 Å². The lowest BCUT2D eigenvalue weighted by atomic mass is 10.2. The molecule has 0 aliphatic carbocycles. The summed E-state index contributed by atoms with van der Waals surface area (Å²) < 4.78 is 17.3. The molecule has 0 fully saturated rings. The van der Waals surface area contributed by atoms with E-state index in [1.807, 2.05) is 56.3 Å². The first-order valence-electron chi connectivity index (χ1n) is 10.1. The van der Waals surface area contributed by atoms with Gasteiger partial charge in [0.1, 0.15) is 28.9 Å². The van der Waals surface area contributed by atoms with Gasteiger partial charge in [-0.05, 0) is 66.2 Å². The van der Waals surface area contributed by atoms with Crippen LogP contribution in [0.1, 0.15) is 12.6 Å². The Bertz CT molecular complexity index is 971. The van der Waals surface area contributed by atoms with Crippen LogP contribution in [0.5, 0.6) is 17.2 Å². The van der Waals surface area contributed by atoms with Crippen molar-refractivity contribution in [2.45, 2.75) is 20.0 Å². The summed E-state index contributed by atoms with van der Waals surface area (Å²) in [6.07, 6.45) is -0.656. The van der Waals surface area contributed by atoms with Gasteiger partial charge in [-0.25, -0.2) is 4.98 Å². The third kappa shape index (κ3) is 5.71. The van der Waals surface area contributed by atoms with Gasteiger partial charge in [-0.15, -0.1) is 0 Å². The van der Waals surface area contributed by atoms with Gasteiger partial charge in [0.05, 0.1) is 14.2 Å². The highest BCUT2D eigenvalue weighted by Gasteiger charge is 2.15. The van der Waals surface area contributed by atoms with Crippen LogP contribution in [0, 0.1) is 6.92 Å². The lowest BCUT2D eigenvalue weighted by Gasteiger charge is -2.26. The zero-order valence-electron chi connectivity index (χ0n) is 18.2. The van der Waals surface area contributed by atoms with Crippen LogP contribution in [0.15, 0.2) is 47.1 Å². The summed E-state index contributed by atoms with van der Waals surface area (Å²) in [5, 5.41) is 10.5. The molecule has 3 rings (SSSR count). The number of H-pyrrole nitrogens is 1. The number of imidazole rings is 1. The van der Waals surface area contributed by atoms with Gasteiger partial charge < -0.3 is 29.2 Å². The average Bonchev–Trinajstić information content (AvgIpc) is 3.14. The number of hydrogen-bond donors (Lipinski definition) is 2. The number of aliphatic hydroxyl groups excluding tert-OH is 1. The van der Waals surface area contributed by atoms with Crippen molar-refractivity contribution in [1.29, 1.82) is 0 Å². The molecule has 0 aliphatic heterocycles. The first kappa shape index (κ1) is 23.0. The number of likely N-dealkylation sites (N-methyl/N-ethyl adjacent to an activating group) is 1. The Kier molecular flexibility index (Phi) is 7.81. The number of halogens is 1. The maximum absolute atomic E-state index is 10.5.